The molecule has 0 saturated heterocycles. The second kappa shape index (κ2) is 3.27. The van der Waals surface area contributed by atoms with Crippen LogP contribution in [0.15, 0.2) is 16.9 Å². The first kappa shape index (κ1) is 9.04. The number of H-pyrrole nitrogens is 1. The van der Waals surface area contributed by atoms with Crippen LogP contribution in [-0.4, -0.2) is 10.1 Å². The van der Waals surface area contributed by atoms with Crippen LogP contribution >= 0.6 is 12.4 Å². The lowest BCUT2D eigenvalue weighted by Crippen LogP contribution is -2.02. The molecule has 1 aromatic rings. The number of aryl methyl sites for hydroxylation is 1. The Kier molecular flexibility index (Phi) is 2.96. The molecule has 0 aliphatic heterocycles. The number of aromatic hydroxyl groups is 1. The Bertz CT molecular complexity index is 245. The summed E-state index contributed by atoms with van der Waals surface area (Å²) in [6.45, 7) is 1.74. The lowest BCUT2D eigenvalue weighted by Gasteiger charge is -1.90. The SMILES string of the molecule is Cc1cc(O)[nH]c(=O)c1.Cl. The number of aromatic nitrogens is 1. The Hall–Kier alpha value is -0.960. The van der Waals surface area contributed by atoms with Crippen LogP contribution in [0.4, 0.5) is 0 Å². The van der Waals surface area contributed by atoms with Gasteiger partial charge in [0.05, 0.1) is 0 Å². The van der Waals surface area contributed by atoms with E-state index in [1.807, 2.05) is 0 Å². The Morgan fingerprint density at radius 3 is 2.50 bits per heavy atom. The van der Waals surface area contributed by atoms with Crippen LogP contribution in [0.1, 0.15) is 5.56 Å². The molecule has 2 N–H and O–H groups in total. The van der Waals surface area contributed by atoms with Crippen molar-refractivity contribution in [3.8, 4) is 5.88 Å². The molecule has 10 heavy (non-hydrogen) atoms. The molecular weight excluding hydrogens is 154 g/mol. The van der Waals surface area contributed by atoms with E-state index in [2.05, 4.69) is 4.98 Å². The fourth-order valence-electron chi connectivity index (χ4n) is 0.662. The minimum Gasteiger partial charge on any atom is -0.495 e. The molecule has 4 heteroatoms. The number of halogens is 1. The summed E-state index contributed by atoms with van der Waals surface area (Å²) < 4.78 is 0. The third kappa shape index (κ3) is 2.11. The maximum Gasteiger partial charge on any atom is 0.250 e. The standard InChI is InChI=1S/C6H7NO2.ClH/c1-4-2-5(8)7-6(9)3-4;/h2-3H,1H3,(H2,7,8,9);1H. The maximum absolute atomic E-state index is 10.5. The Morgan fingerprint density at radius 1 is 1.50 bits per heavy atom. The van der Waals surface area contributed by atoms with Crippen molar-refractivity contribution >= 4 is 12.4 Å². The van der Waals surface area contributed by atoms with Crippen LogP contribution in [0.5, 0.6) is 5.88 Å². The molecule has 0 saturated carbocycles. The predicted molar refractivity (Wildman–Crippen MR) is 40.7 cm³/mol. The molecule has 0 aliphatic carbocycles. The first-order valence-corrected chi connectivity index (χ1v) is 2.58. The summed E-state index contributed by atoms with van der Waals surface area (Å²) in [5, 5.41) is 8.74. The monoisotopic (exact) mass is 161 g/mol. The average Bonchev–Trinajstić information content (AvgIpc) is 1.59. The molecule has 0 spiro atoms. The quantitative estimate of drug-likeness (QED) is 0.592. The fourth-order valence-corrected chi connectivity index (χ4v) is 0.662. The normalized spacial score (nSPS) is 8.50. The number of pyridine rings is 1. The van der Waals surface area contributed by atoms with Crippen LogP contribution in [0.2, 0.25) is 0 Å². The van der Waals surface area contributed by atoms with Crippen molar-refractivity contribution in [3.05, 3.63) is 28.0 Å². The number of aromatic amines is 1. The van der Waals surface area contributed by atoms with E-state index < -0.39 is 0 Å². The second-order valence-electron chi connectivity index (χ2n) is 1.91. The molecule has 0 unspecified atom stereocenters. The zero-order valence-electron chi connectivity index (χ0n) is 5.42. The Balaban J connectivity index is 0.000000810. The van der Waals surface area contributed by atoms with Gasteiger partial charge in [0.25, 0.3) is 5.56 Å². The topological polar surface area (TPSA) is 53.1 Å². The summed E-state index contributed by atoms with van der Waals surface area (Å²) in [4.78, 5) is 12.7. The van der Waals surface area contributed by atoms with Gasteiger partial charge in [0, 0.05) is 12.1 Å². The lowest BCUT2D eigenvalue weighted by molar-refractivity contribution is 0.451. The lowest BCUT2D eigenvalue weighted by atomic mass is 10.3. The van der Waals surface area contributed by atoms with Crippen molar-refractivity contribution in [2.75, 3.05) is 0 Å². The van der Waals surface area contributed by atoms with E-state index in [0.717, 1.165) is 5.56 Å². The van der Waals surface area contributed by atoms with E-state index >= 15 is 0 Å². The highest BCUT2D eigenvalue weighted by Gasteiger charge is 1.89. The molecular formula is C6H8ClNO2. The van der Waals surface area contributed by atoms with Crippen molar-refractivity contribution < 1.29 is 5.11 Å². The molecule has 3 nitrogen and oxygen atoms in total. The van der Waals surface area contributed by atoms with Crippen LogP contribution in [-0.2, 0) is 0 Å². The highest BCUT2D eigenvalue weighted by Crippen LogP contribution is 2.00. The van der Waals surface area contributed by atoms with E-state index in [1.54, 1.807) is 6.92 Å². The minimum absolute atomic E-state index is 0. The van der Waals surface area contributed by atoms with Crippen LogP contribution in [0.25, 0.3) is 0 Å². The first-order valence-electron chi connectivity index (χ1n) is 2.58. The Labute approximate surface area is 64.1 Å². The summed E-state index contributed by atoms with van der Waals surface area (Å²) in [6.07, 6.45) is 0. The molecule has 0 fully saturated rings. The zero-order chi connectivity index (χ0) is 6.85. The van der Waals surface area contributed by atoms with Crippen molar-refractivity contribution in [3.63, 3.8) is 0 Å². The van der Waals surface area contributed by atoms with Crippen molar-refractivity contribution in [1.82, 2.24) is 4.98 Å². The zero-order valence-corrected chi connectivity index (χ0v) is 6.23. The molecule has 0 amide bonds. The van der Waals surface area contributed by atoms with E-state index in [9.17, 15) is 4.79 Å². The molecule has 0 aliphatic rings. The van der Waals surface area contributed by atoms with Crippen molar-refractivity contribution in [2.45, 2.75) is 6.92 Å². The van der Waals surface area contributed by atoms with Gasteiger partial charge in [-0.1, -0.05) is 0 Å². The molecule has 0 atom stereocenters. The van der Waals surface area contributed by atoms with Crippen molar-refractivity contribution in [1.29, 1.82) is 0 Å². The number of hydrogen-bond acceptors (Lipinski definition) is 2. The predicted octanol–water partition coefficient (Wildman–Crippen LogP) is 0.811. The van der Waals surface area contributed by atoms with Gasteiger partial charge >= 0.3 is 0 Å². The van der Waals surface area contributed by atoms with Gasteiger partial charge in [0.1, 0.15) is 0 Å². The van der Waals surface area contributed by atoms with Gasteiger partial charge in [-0.2, -0.15) is 0 Å². The third-order valence-electron chi connectivity index (χ3n) is 0.974. The smallest absolute Gasteiger partial charge is 0.250 e. The fraction of sp³-hybridized carbons (Fsp3) is 0.167. The van der Waals surface area contributed by atoms with Crippen molar-refractivity contribution in [2.24, 2.45) is 0 Å². The molecule has 0 bridgehead atoms. The summed E-state index contributed by atoms with van der Waals surface area (Å²) in [5.41, 5.74) is 0.490. The minimum atomic E-state index is -0.271. The van der Waals surface area contributed by atoms with E-state index in [4.69, 9.17) is 5.11 Å². The number of nitrogens with one attached hydrogen (secondary N) is 1. The summed E-state index contributed by atoms with van der Waals surface area (Å²) in [7, 11) is 0. The van der Waals surface area contributed by atoms with Gasteiger partial charge < -0.3 is 5.11 Å². The molecule has 56 valence electrons. The molecule has 1 aromatic heterocycles. The van der Waals surface area contributed by atoms with E-state index in [-0.39, 0.29) is 23.8 Å². The highest BCUT2D eigenvalue weighted by molar-refractivity contribution is 5.85. The van der Waals surface area contributed by atoms with Gasteiger partial charge in [-0.05, 0) is 12.5 Å². The first-order chi connectivity index (χ1) is 4.18. The molecule has 0 radical (unpaired) electrons. The maximum atomic E-state index is 10.5. The van der Waals surface area contributed by atoms with Crippen LogP contribution < -0.4 is 5.56 Å². The average molecular weight is 162 g/mol. The van der Waals surface area contributed by atoms with Gasteiger partial charge in [-0.25, -0.2) is 0 Å². The molecule has 1 heterocycles. The third-order valence-corrected chi connectivity index (χ3v) is 0.974. The van der Waals surface area contributed by atoms with Crippen LogP contribution in [0, 0.1) is 6.92 Å². The van der Waals surface area contributed by atoms with Gasteiger partial charge in [-0.15, -0.1) is 12.4 Å². The molecule has 1 rings (SSSR count). The number of rotatable bonds is 0. The van der Waals surface area contributed by atoms with E-state index in [0.29, 0.717) is 0 Å². The summed E-state index contributed by atoms with van der Waals surface area (Å²) >= 11 is 0. The summed E-state index contributed by atoms with van der Waals surface area (Å²) in [6, 6.07) is 2.90. The molecule has 0 aromatic carbocycles. The second-order valence-corrected chi connectivity index (χ2v) is 1.91. The highest BCUT2D eigenvalue weighted by atomic mass is 35.5. The van der Waals surface area contributed by atoms with Crippen LogP contribution in [0.3, 0.4) is 0 Å². The van der Waals surface area contributed by atoms with Gasteiger partial charge in [0.2, 0.25) is 0 Å². The summed E-state index contributed by atoms with van der Waals surface area (Å²) in [5.74, 6) is -0.0833. The van der Waals surface area contributed by atoms with Gasteiger partial charge in [-0.3, -0.25) is 9.78 Å². The largest absolute Gasteiger partial charge is 0.495 e. The number of hydrogen-bond donors (Lipinski definition) is 2. The van der Waals surface area contributed by atoms with E-state index in [1.165, 1.54) is 12.1 Å². The Morgan fingerprint density at radius 2 is 2.10 bits per heavy atom. The van der Waals surface area contributed by atoms with Gasteiger partial charge in [0.15, 0.2) is 5.88 Å².